The fraction of sp³-hybridized carbons (Fsp3) is 0.318. The molecule has 0 saturated carbocycles. The van der Waals surface area contributed by atoms with Gasteiger partial charge in [0.15, 0.2) is 0 Å². The predicted molar refractivity (Wildman–Crippen MR) is 108 cm³/mol. The van der Waals surface area contributed by atoms with Gasteiger partial charge in [-0.25, -0.2) is 0 Å². The van der Waals surface area contributed by atoms with Crippen molar-refractivity contribution in [3.05, 3.63) is 89.8 Å². The van der Waals surface area contributed by atoms with Gasteiger partial charge in [-0.05, 0) is 50.4 Å². The normalized spacial score (nSPS) is 11.3. The Morgan fingerprint density at radius 1 is 0.704 bits per heavy atom. The third-order valence-corrected chi connectivity index (χ3v) is 4.40. The van der Waals surface area contributed by atoms with Crippen LogP contribution in [0.5, 0.6) is 0 Å². The van der Waals surface area contributed by atoms with E-state index in [9.17, 15) is 0 Å². The van der Waals surface area contributed by atoms with Gasteiger partial charge in [-0.15, -0.1) is 0 Å². The molecule has 0 aliphatic rings. The summed E-state index contributed by atoms with van der Waals surface area (Å²) in [4.78, 5) is 18.3. The second kappa shape index (κ2) is 9.90. The number of aromatic nitrogens is 3. The van der Waals surface area contributed by atoms with Gasteiger partial charge in [0.05, 0.1) is 17.1 Å². The van der Waals surface area contributed by atoms with Crippen molar-refractivity contribution in [1.82, 2.24) is 24.8 Å². The van der Waals surface area contributed by atoms with Crippen molar-refractivity contribution in [1.29, 1.82) is 0 Å². The number of aryl methyl sites for hydroxylation is 1. The van der Waals surface area contributed by atoms with Crippen LogP contribution in [0.15, 0.2) is 67.0 Å². The molecule has 0 aromatic carbocycles. The van der Waals surface area contributed by atoms with Gasteiger partial charge >= 0.3 is 0 Å². The Morgan fingerprint density at radius 2 is 1.33 bits per heavy atom. The molecular formula is C22H27N5. The van der Waals surface area contributed by atoms with Crippen LogP contribution in [0.4, 0.5) is 0 Å². The first kappa shape index (κ1) is 19.1. The van der Waals surface area contributed by atoms with E-state index in [4.69, 9.17) is 0 Å². The van der Waals surface area contributed by atoms with E-state index >= 15 is 0 Å². The standard InChI is InChI=1S/C22H27N5/c1-19-8-7-11-22(25-19)18-27(17-21-10-4-6-13-24-21)15-14-26(2)16-20-9-3-5-12-23-20/h3-13H,14-18H2,1-2H3. The van der Waals surface area contributed by atoms with E-state index in [1.165, 1.54) is 0 Å². The van der Waals surface area contributed by atoms with Crippen LogP contribution < -0.4 is 0 Å². The number of likely N-dealkylation sites (N-methyl/N-ethyl adjacent to an activating group) is 1. The molecule has 0 fully saturated rings. The van der Waals surface area contributed by atoms with Gasteiger partial charge in [0, 0.05) is 50.8 Å². The van der Waals surface area contributed by atoms with E-state index in [-0.39, 0.29) is 0 Å². The number of hydrogen-bond donors (Lipinski definition) is 0. The molecule has 0 amide bonds. The van der Waals surface area contributed by atoms with Crippen LogP contribution in [0, 0.1) is 6.92 Å². The van der Waals surface area contributed by atoms with Crippen LogP contribution in [0.3, 0.4) is 0 Å². The first-order valence-corrected chi connectivity index (χ1v) is 9.32. The third kappa shape index (κ3) is 6.55. The molecule has 0 unspecified atom stereocenters. The van der Waals surface area contributed by atoms with Crippen molar-refractivity contribution in [2.24, 2.45) is 0 Å². The summed E-state index contributed by atoms with van der Waals surface area (Å²) < 4.78 is 0. The smallest absolute Gasteiger partial charge is 0.0547 e. The van der Waals surface area contributed by atoms with Crippen molar-refractivity contribution in [2.75, 3.05) is 20.1 Å². The molecule has 0 saturated heterocycles. The fourth-order valence-corrected chi connectivity index (χ4v) is 3.01. The molecule has 0 aliphatic carbocycles. The molecule has 5 heteroatoms. The average molecular weight is 361 g/mol. The van der Waals surface area contributed by atoms with Crippen molar-refractivity contribution in [3.8, 4) is 0 Å². The summed E-state index contributed by atoms with van der Waals surface area (Å²) in [5.74, 6) is 0. The van der Waals surface area contributed by atoms with Gasteiger partial charge in [-0.2, -0.15) is 0 Å². The Balaban J connectivity index is 1.62. The molecule has 0 radical (unpaired) electrons. The zero-order valence-corrected chi connectivity index (χ0v) is 16.1. The SMILES string of the molecule is Cc1cccc(CN(CCN(C)Cc2ccccn2)Cc2ccccn2)n1. The molecule has 0 atom stereocenters. The minimum absolute atomic E-state index is 0.813. The topological polar surface area (TPSA) is 45.2 Å². The van der Waals surface area contributed by atoms with Gasteiger partial charge < -0.3 is 0 Å². The summed E-state index contributed by atoms with van der Waals surface area (Å²) >= 11 is 0. The number of hydrogen-bond acceptors (Lipinski definition) is 5. The molecular weight excluding hydrogens is 334 g/mol. The van der Waals surface area contributed by atoms with E-state index in [1.807, 2.05) is 49.6 Å². The highest BCUT2D eigenvalue weighted by atomic mass is 15.2. The zero-order chi connectivity index (χ0) is 18.9. The van der Waals surface area contributed by atoms with Crippen LogP contribution >= 0.6 is 0 Å². The van der Waals surface area contributed by atoms with Gasteiger partial charge in [0.2, 0.25) is 0 Å². The maximum Gasteiger partial charge on any atom is 0.0547 e. The maximum absolute atomic E-state index is 4.66. The molecule has 3 rings (SSSR count). The summed E-state index contributed by atoms with van der Waals surface area (Å²) in [5, 5.41) is 0. The molecule has 3 aromatic heterocycles. The summed E-state index contributed by atoms with van der Waals surface area (Å²) in [6, 6.07) is 18.3. The monoisotopic (exact) mass is 361 g/mol. The Bertz CT molecular complexity index is 807. The van der Waals surface area contributed by atoms with Crippen LogP contribution in [0.1, 0.15) is 22.8 Å². The third-order valence-electron chi connectivity index (χ3n) is 4.40. The van der Waals surface area contributed by atoms with Crippen LogP contribution in [-0.4, -0.2) is 44.9 Å². The molecule has 0 spiro atoms. The lowest BCUT2D eigenvalue weighted by atomic mass is 10.2. The van der Waals surface area contributed by atoms with Crippen LogP contribution in [0.2, 0.25) is 0 Å². The summed E-state index contributed by atoms with van der Waals surface area (Å²) in [7, 11) is 2.14. The van der Waals surface area contributed by atoms with Gasteiger partial charge in [-0.1, -0.05) is 18.2 Å². The van der Waals surface area contributed by atoms with Gasteiger partial charge in [0.25, 0.3) is 0 Å². The largest absolute Gasteiger partial charge is 0.299 e. The average Bonchev–Trinajstić information content (AvgIpc) is 2.68. The second-order valence-corrected chi connectivity index (χ2v) is 6.86. The lowest BCUT2D eigenvalue weighted by Crippen LogP contribution is -2.33. The predicted octanol–water partition coefficient (Wildman–Crippen LogP) is 3.31. The Hall–Kier alpha value is -2.63. The van der Waals surface area contributed by atoms with Gasteiger partial charge in [-0.3, -0.25) is 24.8 Å². The quantitative estimate of drug-likeness (QED) is 0.585. The highest BCUT2D eigenvalue weighted by molar-refractivity contribution is 5.10. The van der Waals surface area contributed by atoms with Crippen LogP contribution in [0.25, 0.3) is 0 Å². The number of rotatable bonds is 9. The first-order chi connectivity index (χ1) is 13.2. The lowest BCUT2D eigenvalue weighted by molar-refractivity contribution is 0.204. The Kier molecular flexibility index (Phi) is 7.02. The van der Waals surface area contributed by atoms with E-state index in [1.54, 1.807) is 0 Å². The van der Waals surface area contributed by atoms with Crippen molar-refractivity contribution in [2.45, 2.75) is 26.6 Å². The molecule has 3 heterocycles. The second-order valence-electron chi connectivity index (χ2n) is 6.86. The van der Waals surface area contributed by atoms with Crippen molar-refractivity contribution in [3.63, 3.8) is 0 Å². The molecule has 140 valence electrons. The molecule has 3 aromatic rings. The zero-order valence-electron chi connectivity index (χ0n) is 16.1. The van der Waals surface area contributed by atoms with E-state index in [0.29, 0.717) is 0 Å². The Morgan fingerprint density at radius 3 is 1.96 bits per heavy atom. The van der Waals surface area contributed by atoms with Crippen molar-refractivity contribution < 1.29 is 0 Å². The number of nitrogens with zero attached hydrogens (tertiary/aromatic N) is 5. The highest BCUT2D eigenvalue weighted by Crippen LogP contribution is 2.08. The van der Waals surface area contributed by atoms with Crippen molar-refractivity contribution >= 4 is 0 Å². The minimum Gasteiger partial charge on any atom is -0.299 e. The highest BCUT2D eigenvalue weighted by Gasteiger charge is 2.11. The molecule has 0 aliphatic heterocycles. The lowest BCUT2D eigenvalue weighted by Gasteiger charge is -2.25. The molecule has 5 nitrogen and oxygen atoms in total. The van der Waals surface area contributed by atoms with Gasteiger partial charge in [0.1, 0.15) is 0 Å². The van der Waals surface area contributed by atoms with E-state index in [2.05, 4.69) is 56.1 Å². The summed E-state index contributed by atoms with van der Waals surface area (Å²) in [5.41, 5.74) is 4.32. The summed E-state index contributed by atoms with van der Waals surface area (Å²) in [6.45, 7) is 6.41. The minimum atomic E-state index is 0.813. The molecule has 27 heavy (non-hydrogen) atoms. The van der Waals surface area contributed by atoms with E-state index in [0.717, 1.165) is 55.5 Å². The summed E-state index contributed by atoms with van der Waals surface area (Å²) in [6.07, 6.45) is 3.70. The Labute approximate surface area is 161 Å². The van der Waals surface area contributed by atoms with Crippen LogP contribution in [-0.2, 0) is 19.6 Å². The first-order valence-electron chi connectivity index (χ1n) is 9.32. The molecule has 0 bridgehead atoms. The number of pyridine rings is 3. The molecule has 0 N–H and O–H groups in total. The maximum atomic E-state index is 4.66. The fourth-order valence-electron chi connectivity index (χ4n) is 3.01. The van der Waals surface area contributed by atoms with E-state index < -0.39 is 0 Å².